The SMILES string of the molecule is O=C(c1ccc(S)cc1)N1CCC2(O)CCCCC2C1. The Morgan fingerprint density at radius 2 is 2.00 bits per heavy atom. The molecular weight excluding hydrogens is 270 g/mol. The molecule has 2 fully saturated rings. The summed E-state index contributed by atoms with van der Waals surface area (Å²) in [5, 5.41) is 10.6. The van der Waals surface area contributed by atoms with Crippen LogP contribution in [0.1, 0.15) is 42.5 Å². The van der Waals surface area contributed by atoms with Crippen LogP contribution < -0.4 is 0 Å². The van der Waals surface area contributed by atoms with Gasteiger partial charge in [-0.25, -0.2) is 0 Å². The molecule has 4 heteroatoms. The van der Waals surface area contributed by atoms with Crippen molar-refractivity contribution in [2.75, 3.05) is 13.1 Å². The second kappa shape index (κ2) is 5.41. The van der Waals surface area contributed by atoms with E-state index >= 15 is 0 Å². The van der Waals surface area contributed by atoms with E-state index < -0.39 is 5.60 Å². The van der Waals surface area contributed by atoms with E-state index in [1.807, 2.05) is 29.2 Å². The highest BCUT2D eigenvalue weighted by Crippen LogP contribution is 2.40. The fourth-order valence-corrected chi connectivity index (χ4v) is 3.69. The Labute approximate surface area is 125 Å². The van der Waals surface area contributed by atoms with E-state index in [2.05, 4.69) is 12.6 Å². The van der Waals surface area contributed by atoms with Crippen molar-refractivity contribution < 1.29 is 9.90 Å². The number of thiol groups is 1. The van der Waals surface area contributed by atoms with Crippen molar-refractivity contribution in [2.45, 2.75) is 42.6 Å². The van der Waals surface area contributed by atoms with Gasteiger partial charge < -0.3 is 10.0 Å². The molecule has 1 heterocycles. The van der Waals surface area contributed by atoms with Crippen molar-refractivity contribution in [1.29, 1.82) is 0 Å². The van der Waals surface area contributed by atoms with Crippen molar-refractivity contribution in [3.8, 4) is 0 Å². The summed E-state index contributed by atoms with van der Waals surface area (Å²) in [6.07, 6.45) is 4.94. The molecule has 1 saturated heterocycles. The first-order valence-electron chi connectivity index (χ1n) is 7.39. The molecule has 2 unspecified atom stereocenters. The van der Waals surface area contributed by atoms with Gasteiger partial charge in [-0.05, 0) is 43.5 Å². The highest BCUT2D eigenvalue weighted by Gasteiger charge is 2.43. The zero-order valence-corrected chi connectivity index (χ0v) is 12.5. The topological polar surface area (TPSA) is 40.5 Å². The van der Waals surface area contributed by atoms with Crippen LogP contribution in [0.15, 0.2) is 29.2 Å². The number of nitrogens with zero attached hydrogens (tertiary/aromatic N) is 1. The van der Waals surface area contributed by atoms with Crippen molar-refractivity contribution in [1.82, 2.24) is 4.90 Å². The lowest BCUT2D eigenvalue weighted by Crippen LogP contribution is -2.54. The minimum Gasteiger partial charge on any atom is -0.389 e. The number of fused-ring (bicyclic) bond motifs is 1. The van der Waals surface area contributed by atoms with Crippen molar-refractivity contribution in [2.24, 2.45) is 5.92 Å². The molecule has 1 aliphatic carbocycles. The minimum atomic E-state index is -0.524. The first-order chi connectivity index (χ1) is 9.58. The maximum Gasteiger partial charge on any atom is 0.253 e. The van der Waals surface area contributed by atoms with Gasteiger partial charge in [0.05, 0.1) is 5.60 Å². The van der Waals surface area contributed by atoms with Gasteiger partial charge in [-0.3, -0.25) is 4.79 Å². The van der Waals surface area contributed by atoms with Gasteiger partial charge in [0.25, 0.3) is 5.91 Å². The van der Waals surface area contributed by atoms with Gasteiger partial charge in [-0.1, -0.05) is 12.8 Å². The third-order valence-corrected chi connectivity index (χ3v) is 5.13. The van der Waals surface area contributed by atoms with Crippen molar-refractivity contribution >= 4 is 18.5 Å². The van der Waals surface area contributed by atoms with Crippen LogP contribution in [0.25, 0.3) is 0 Å². The molecule has 3 nitrogen and oxygen atoms in total. The highest BCUT2D eigenvalue weighted by atomic mass is 32.1. The van der Waals surface area contributed by atoms with Crippen LogP contribution in [0.2, 0.25) is 0 Å². The molecule has 0 aromatic heterocycles. The summed E-state index contributed by atoms with van der Waals surface area (Å²) in [7, 11) is 0. The predicted molar refractivity (Wildman–Crippen MR) is 81.1 cm³/mol. The summed E-state index contributed by atoms with van der Waals surface area (Å²) in [6.45, 7) is 1.35. The Kier molecular flexibility index (Phi) is 3.78. The van der Waals surface area contributed by atoms with E-state index in [1.54, 1.807) is 0 Å². The predicted octanol–water partition coefficient (Wildman–Crippen LogP) is 2.74. The van der Waals surface area contributed by atoms with Crippen molar-refractivity contribution in [3.05, 3.63) is 29.8 Å². The van der Waals surface area contributed by atoms with Gasteiger partial charge in [-0.2, -0.15) is 0 Å². The van der Waals surface area contributed by atoms with Gasteiger partial charge in [0, 0.05) is 29.5 Å². The molecule has 2 atom stereocenters. The molecule has 108 valence electrons. The zero-order valence-electron chi connectivity index (χ0n) is 11.6. The van der Waals surface area contributed by atoms with Crippen molar-refractivity contribution in [3.63, 3.8) is 0 Å². The third-order valence-electron chi connectivity index (χ3n) is 4.83. The van der Waals surface area contributed by atoms with Gasteiger partial charge in [-0.15, -0.1) is 12.6 Å². The molecule has 1 amide bonds. The standard InChI is InChI=1S/C16H21NO2S/c18-15(12-4-6-14(20)7-5-12)17-10-9-16(19)8-2-1-3-13(16)11-17/h4-7,13,19-20H,1-3,8-11H2. The average Bonchev–Trinajstić information content (AvgIpc) is 2.46. The monoisotopic (exact) mass is 291 g/mol. The molecular formula is C16H21NO2S. The Balaban J connectivity index is 1.72. The fourth-order valence-electron chi connectivity index (χ4n) is 3.54. The lowest BCUT2D eigenvalue weighted by Gasteiger charge is -2.47. The molecule has 3 rings (SSSR count). The molecule has 1 saturated carbocycles. The number of likely N-dealkylation sites (tertiary alicyclic amines) is 1. The summed E-state index contributed by atoms with van der Waals surface area (Å²) in [4.78, 5) is 15.3. The van der Waals surface area contributed by atoms with Crippen LogP contribution in [0.5, 0.6) is 0 Å². The summed E-state index contributed by atoms with van der Waals surface area (Å²) < 4.78 is 0. The Morgan fingerprint density at radius 1 is 1.25 bits per heavy atom. The average molecular weight is 291 g/mol. The van der Waals surface area contributed by atoms with Crippen LogP contribution in [0.4, 0.5) is 0 Å². The molecule has 2 aliphatic rings. The Morgan fingerprint density at radius 3 is 2.75 bits per heavy atom. The summed E-state index contributed by atoms with van der Waals surface area (Å²) in [5.41, 5.74) is 0.188. The quantitative estimate of drug-likeness (QED) is 0.781. The number of carbonyl (C=O) groups is 1. The number of amides is 1. The molecule has 0 spiro atoms. The van der Waals surface area contributed by atoms with Gasteiger partial charge in [0.15, 0.2) is 0 Å². The summed E-state index contributed by atoms with van der Waals surface area (Å²) in [5.74, 6) is 0.323. The van der Waals surface area contributed by atoms with E-state index in [4.69, 9.17) is 0 Å². The normalized spacial score (nSPS) is 29.9. The minimum absolute atomic E-state index is 0.0750. The van der Waals surface area contributed by atoms with Crippen LogP contribution in [0.3, 0.4) is 0 Å². The van der Waals surface area contributed by atoms with Gasteiger partial charge >= 0.3 is 0 Å². The largest absolute Gasteiger partial charge is 0.389 e. The van der Waals surface area contributed by atoms with Gasteiger partial charge in [0.1, 0.15) is 0 Å². The second-order valence-corrected chi connectivity index (χ2v) is 6.61. The van der Waals surface area contributed by atoms with Crippen LogP contribution in [-0.2, 0) is 0 Å². The summed E-state index contributed by atoms with van der Waals surface area (Å²) >= 11 is 4.24. The number of aliphatic hydroxyl groups is 1. The zero-order chi connectivity index (χ0) is 14.2. The van der Waals surface area contributed by atoms with E-state index in [9.17, 15) is 9.90 Å². The first kappa shape index (κ1) is 14.0. The maximum absolute atomic E-state index is 12.5. The number of carbonyl (C=O) groups excluding carboxylic acids is 1. The Hall–Kier alpha value is -1.00. The molecule has 0 radical (unpaired) electrons. The van der Waals surface area contributed by atoms with Gasteiger partial charge in [0.2, 0.25) is 0 Å². The Bertz CT molecular complexity index is 502. The molecule has 0 bridgehead atoms. The number of hydrogen-bond acceptors (Lipinski definition) is 3. The molecule has 1 aromatic carbocycles. The van der Waals surface area contributed by atoms with E-state index in [0.29, 0.717) is 25.1 Å². The number of benzene rings is 1. The van der Waals surface area contributed by atoms with E-state index in [0.717, 1.165) is 24.2 Å². The first-order valence-corrected chi connectivity index (χ1v) is 7.84. The van der Waals surface area contributed by atoms with Crippen LogP contribution >= 0.6 is 12.6 Å². The fraction of sp³-hybridized carbons (Fsp3) is 0.562. The highest BCUT2D eigenvalue weighted by molar-refractivity contribution is 7.80. The number of piperidine rings is 1. The number of hydrogen-bond donors (Lipinski definition) is 2. The molecule has 1 aromatic rings. The number of rotatable bonds is 1. The lowest BCUT2D eigenvalue weighted by atomic mass is 9.71. The summed E-state index contributed by atoms with van der Waals surface area (Å²) in [6, 6.07) is 7.34. The third kappa shape index (κ3) is 2.59. The second-order valence-electron chi connectivity index (χ2n) is 6.09. The van der Waals surface area contributed by atoms with E-state index in [1.165, 1.54) is 6.42 Å². The van der Waals surface area contributed by atoms with Crippen LogP contribution in [0, 0.1) is 5.92 Å². The lowest BCUT2D eigenvalue weighted by molar-refractivity contribution is -0.0886. The molecule has 20 heavy (non-hydrogen) atoms. The molecule has 1 aliphatic heterocycles. The van der Waals surface area contributed by atoms with E-state index in [-0.39, 0.29) is 11.8 Å². The van der Waals surface area contributed by atoms with Crippen LogP contribution in [-0.4, -0.2) is 34.6 Å². The smallest absolute Gasteiger partial charge is 0.253 e. The maximum atomic E-state index is 12.5. The molecule has 1 N–H and O–H groups in total.